The Morgan fingerprint density at radius 1 is 1.45 bits per heavy atom. The summed E-state index contributed by atoms with van der Waals surface area (Å²) in [6.45, 7) is 4.37. The minimum absolute atomic E-state index is 0.0602. The Kier molecular flexibility index (Phi) is 5.17. The van der Waals surface area contributed by atoms with Crippen LogP contribution in [0.2, 0.25) is 0 Å². The van der Waals surface area contributed by atoms with E-state index in [9.17, 15) is 8.42 Å². The number of rotatable bonds is 5. The maximum absolute atomic E-state index is 12.4. The van der Waals surface area contributed by atoms with E-state index in [1.165, 1.54) is 0 Å². The van der Waals surface area contributed by atoms with Gasteiger partial charge in [0.05, 0.1) is 4.90 Å². The lowest BCUT2D eigenvalue weighted by Gasteiger charge is -2.22. The van der Waals surface area contributed by atoms with Gasteiger partial charge < -0.3 is 10.3 Å². The molecule has 1 aliphatic rings. The molecule has 2 heterocycles. The van der Waals surface area contributed by atoms with Crippen LogP contribution >= 0.6 is 11.8 Å². The zero-order valence-corrected chi connectivity index (χ0v) is 13.6. The quantitative estimate of drug-likeness (QED) is 0.866. The van der Waals surface area contributed by atoms with Gasteiger partial charge in [-0.15, -0.1) is 0 Å². The number of aromatic nitrogens is 1. The van der Waals surface area contributed by atoms with Crippen LogP contribution in [0.1, 0.15) is 38.4 Å². The first-order chi connectivity index (χ1) is 9.44. The number of nitrogens with two attached hydrogens (primary N) is 1. The molecule has 114 valence electrons. The van der Waals surface area contributed by atoms with Crippen molar-refractivity contribution in [3.05, 3.63) is 18.0 Å². The molecular formula is C13H23N3O2S2. The average molecular weight is 317 g/mol. The molecule has 1 aromatic rings. The van der Waals surface area contributed by atoms with Gasteiger partial charge >= 0.3 is 0 Å². The van der Waals surface area contributed by atoms with Gasteiger partial charge in [0, 0.05) is 30.5 Å². The van der Waals surface area contributed by atoms with E-state index in [4.69, 9.17) is 5.73 Å². The Labute approximate surface area is 125 Å². The van der Waals surface area contributed by atoms with Gasteiger partial charge in [0.15, 0.2) is 0 Å². The Morgan fingerprint density at radius 2 is 2.10 bits per heavy atom. The molecule has 5 nitrogen and oxygen atoms in total. The highest BCUT2D eigenvalue weighted by atomic mass is 32.2. The van der Waals surface area contributed by atoms with E-state index in [2.05, 4.69) is 4.72 Å². The Morgan fingerprint density at radius 3 is 2.60 bits per heavy atom. The van der Waals surface area contributed by atoms with Crippen LogP contribution in [0, 0.1) is 0 Å². The summed E-state index contributed by atoms with van der Waals surface area (Å²) in [7, 11) is -3.44. The van der Waals surface area contributed by atoms with Crippen molar-refractivity contribution in [2.45, 2.75) is 50.2 Å². The highest BCUT2D eigenvalue weighted by Crippen LogP contribution is 2.22. The van der Waals surface area contributed by atoms with E-state index < -0.39 is 10.0 Å². The Bertz CT molecular complexity index is 546. The molecule has 1 saturated heterocycles. The number of thioether (sulfide) groups is 1. The molecule has 20 heavy (non-hydrogen) atoms. The van der Waals surface area contributed by atoms with Crippen LogP contribution in [0.15, 0.2) is 17.2 Å². The molecule has 0 atom stereocenters. The van der Waals surface area contributed by atoms with Crippen molar-refractivity contribution in [1.29, 1.82) is 0 Å². The molecule has 2 rings (SSSR count). The van der Waals surface area contributed by atoms with Crippen molar-refractivity contribution in [3.63, 3.8) is 0 Å². The predicted molar refractivity (Wildman–Crippen MR) is 83.4 cm³/mol. The monoisotopic (exact) mass is 317 g/mol. The number of nitrogens with one attached hydrogen (secondary N) is 1. The molecule has 1 aliphatic heterocycles. The number of hydrogen-bond donors (Lipinski definition) is 2. The maximum atomic E-state index is 12.4. The molecule has 7 heteroatoms. The highest BCUT2D eigenvalue weighted by Gasteiger charge is 2.24. The topological polar surface area (TPSA) is 77.1 Å². The number of nitrogens with zero attached hydrogens (tertiary/aromatic N) is 1. The van der Waals surface area contributed by atoms with Crippen LogP contribution in [0.5, 0.6) is 0 Å². The van der Waals surface area contributed by atoms with E-state index >= 15 is 0 Å². The molecule has 1 fully saturated rings. The largest absolute Gasteiger partial charge is 0.346 e. The summed E-state index contributed by atoms with van der Waals surface area (Å²) in [6, 6.07) is 1.94. The van der Waals surface area contributed by atoms with Crippen LogP contribution in [-0.4, -0.2) is 30.5 Å². The van der Waals surface area contributed by atoms with Crippen LogP contribution in [-0.2, 0) is 16.6 Å². The van der Waals surface area contributed by atoms with Crippen LogP contribution < -0.4 is 10.5 Å². The molecule has 0 unspecified atom stereocenters. The molecule has 0 aliphatic carbocycles. The maximum Gasteiger partial charge on any atom is 0.242 e. The zero-order valence-electron chi connectivity index (χ0n) is 12.0. The van der Waals surface area contributed by atoms with E-state index in [1.54, 1.807) is 12.3 Å². The Hall–Kier alpha value is -0.500. The summed E-state index contributed by atoms with van der Waals surface area (Å²) in [4.78, 5) is 0.324. The van der Waals surface area contributed by atoms with Crippen molar-refractivity contribution in [2.24, 2.45) is 5.73 Å². The third kappa shape index (κ3) is 3.58. The van der Waals surface area contributed by atoms with Crippen molar-refractivity contribution in [2.75, 3.05) is 11.5 Å². The first kappa shape index (κ1) is 15.9. The molecule has 3 N–H and O–H groups in total. The third-order valence-corrected chi connectivity index (χ3v) is 6.06. The number of sulfonamides is 1. The lowest BCUT2D eigenvalue weighted by atomic mass is 10.2. The minimum atomic E-state index is -3.44. The van der Waals surface area contributed by atoms with Crippen LogP contribution in [0.4, 0.5) is 0 Å². The summed E-state index contributed by atoms with van der Waals surface area (Å²) in [5, 5.41) is 0. The van der Waals surface area contributed by atoms with Crippen molar-refractivity contribution in [1.82, 2.24) is 9.29 Å². The minimum Gasteiger partial charge on any atom is -0.346 e. The van der Waals surface area contributed by atoms with Crippen molar-refractivity contribution >= 4 is 21.8 Å². The fraction of sp³-hybridized carbons (Fsp3) is 0.692. The molecule has 0 radical (unpaired) electrons. The van der Waals surface area contributed by atoms with Gasteiger partial charge in [-0.05, 0) is 44.3 Å². The second-order valence-corrected chi connectivity index (χ2v) is 8.32. The van der Waals surface area contributed by atoms with Gasteiger partial charge in [-0.1, -0.05) is 0 Å². The number of hydrogen-bond acceptors (Lipinski definition) is 4. The first-order valence-electron chi connectivity index (χ1n) is 6.95. The zero-order chi connectivity index (χ0) is 14.8. The summed E-state index contributed by atoms with van der Waals surface area (Å²) < 4.78 is 29.6. The van der Waals surface area contributed by atoms with E-state index in [0.29, 0.717) is 11.4 Å². The Balaban J connectivity index is 2.20. The highest BCUT2D eigenvalue weighted by molar-refractivity contribution is 7.99. The van der Waals surface area contributed by atoms with Crippen LogP contribution in [0.25, 0.3) is 0 Å². The predicted octanol–water partition coefficient (Wildman–Crippen LogP) is 1.70. The van der Waals surface area contributed by atoms with Gasteiger partial charge in [0.25, 0.3) is 0 Å². The molecular weight excluding hydrogens is 294 g/mol. The third-order valence-electron chi connectivity index (χ3n) is 3.53. The van der Waals surface area contributed by atoms with Gasteiger partial charge in [0.2, 0.25) is 10.0 Å². The van der Waals surface area contributed by atoms with Gasteiger partial charge in [-0.25, -0.2) is 13.1 Å². The van der Waals surface area contributed by atoms with E-state index in [0.717, 1.165) is 30.0 Å². The molecule has 0 spiro atoms. The van der Waals surface area contributed by atoms with Gasteiger partial charge in [-0.2, -0.15) is 11.8 Å². The fourth-order valence-corrected chi connectivity index (χ4v) is 4.85. The molecule has 0 aromatic carbocycles. The molecule has 0 amide bonds. The second kappa shape index (κ2) is 6.51. The van der Waals surface area contributed by atoms with Gasteiger partial charge in [-0.3, -0.25) is 0 Å². The fourth-order valence-electron chi connectivity index (χ4n) is 2.39. The standard InChI is InChI=1S/C13H23N3O2S2/c1-10(2)16-9-13(7-12(16)8-14)20(17,18)15-11-3-5-19-6-4-11/h7,9-11,15H,3-6,8,14H2,1-2H3. The summed E-state index contributed by atoms with van der Waals surface area (Å²) in [6.07, 6.45) is 3.49. The van der Waals surface area contributed by atoms with Crippen molar-refractivity contribution in [3.8, 4) is 0 Å². The average Bonchev–Trinajstić information content (AvgIpc) is 2.84. The van der Waals surface area contributed by atoms with Crippen LogP contribution in [0.3, 0.4) is 0 Å². The lowest BCUT2D eigenvalue weighted by molar-refractivity contribution is 0.528. The summed E-state index contributed by atoms with van der Waals surface area (Å²) in [5.41, 5.74) is 6.54. The SMILES string of the molecule is CC(C)n1cc(S(=O)(=O)NC2CCSCC2)cc1CN. The smallest absolute Gasteiger partial charge is 0.242 e. The van der Waals surface area contributed by atoms with E-state index in [1.807, 2.05) is 30.2 Å². The molecule has 0 bridgehead atoms. The first-order valence-corrected chi connectivity index (χ1v) is 9.58. The van der Waals surface area contributed by atoms with E-state index in [-0.39, 0.29) is 12.1 Å². The van der Waals surface area contributed by atoms with Crippen molar-refractivity contribution < 1.29 is 8.42 Å². The molecule has 0 saturated carbocycles. The summed E-state index contributed by atoms with van der Waals surface area (Å²) in [5.74, 6) is 2.04. The second-order valence-electron chi connectivity index (χ2n) is 5.38. The van der Waals surface area contributed by atoms with Gasteiger partial charge in [0.1, 0.15) is 0 Å². The summed E-state index contributed by atoms with van der Waals surface area (Å²) >= 11 is 1.88. The lowest BCUT2D eigenvalue weighted by Crippen LogP contribution is -2.37. The molecule has 1 aromatic heterocycles. The normalized spacial score (nSPS) is 17.8.